The van der Waals surface area contributed by atoms with Crippen molar-refractivity contribution in [1.29, 1.82) is 0 Å². The van der Waals surface area contributed by atoms with Crippen LogP contribution in [0.3, 0.4) is 0 Å². The number of nitrogens with one attached hydrogen (secondary N) is 2. The van der Waals surface area contributed by atoms with E-state index in [9.17, 15) is 9.59 Å². The Balaban J connectivity index is 1.50. The molecule has 1 heterocycles. The lowest BCUT2D eigenvalue weighted by Crippen LogP contribution is -2.14. The maximum atomic E-state index is 12.1. The van der Waals surface area contributed by atoms with Gasteiger partial charge in [0.25, 0.3) is 5.22 Å². The number of aromatic nitrogens is 2. The number of carbonyl (C=O) groups excluding carboxylic acids is 2. The molecule has 150 valence electrons. The number of ether oxygens (including phenoxy) is 2. The molecular weight excluding hydrogens is 396 g/mol. The summed E-state index contributed by atoms with van der Waals surface area (Å²) < 4.78 is 15.2. The van der Waals surface area contributed by atoms with E-state index in [4.69, 9.17) is 9.15 Å². The summed E-state index contributed by atoms with van der Waals surface area (Å²) in [5.41, 5.74) is 1.91. The lowest BCUT2D eigenvalue weighted by Gasteiger charge is -2.06. The van der Waals surface area contributed by atoms with Crippen molar-refractivity contribution in [3.8, 4) is 17.2 Å². The molecule has 2 amide bonds. The van der Waals surface area contributed by atoms with Crippen molar-refractivity contribution >= 4 is 35.1 Å². The number of hydrogen-bond acceptors (Lipinski definition) is 8. The van der Waals surface area contributed by atoms with Crippen LogP contribution in [-0.2, 0) is 9.53 Å². The fourth-order valence-corrected chi connectivity index (χ4v) is 2.81. The maximum Gasteiger partial charge on any atom is 0.411 e. The first-order valence-electron chi connectivity index (χ1n) is 8.43. The molecule has 0 spiro atoms. The largest absolute Gasteiger partial charge is 0.497 e. The summed E-state index contributed by atoms with van der Waals surface area (Å²) in [4.78, 5) is 23.3. The number of hydrogen-bond donors (Lipinski definition) is 2. The number of anilines is 2. The Labute approximate surface area is 170 Å². The van der Waals surface area contributed by atoms with Gasteiger partial charge in [0.15, 0.2) is 0 Å². The van der Waals surface area contributed by atoms with E-state index >= 15 is 0 Å². The van der Waals surface area contributed by atoms with Crippen LogP contribution in [-0.4, -0.2) is 42.2 Å². The highest BCUT2D eigenvalue weighted by molar-refractivity contribution is 7.99. The zero-order valence-corrected chi connectivity index (χ0v) is 16.5. The van der Waals surface area contributed by atoms with Gasteiger partial charge in [0.05, 0.1) is 20.0 Å². The van der Waals surface area contributed by atoms with Crippen molar-refractivity contribution in [1.82, 2.24) is 10.2 Å². The quantitative estimate of drug-likeness (QED) is 0.563. The van der Waals surface area contributed by atoms with Crippen LogP contribution in [0.15, 0.2) is 58.2 Å². The first-order chi connectivity index (χ1) is 14.1. The Kier molecular flexibility index (Phi) is 6.69. The maximum absolute atomic E-state index is 12.1. The van der Waals surface area contributed by atoms with Crippen molar-refractivity contribution in [3.05, 3.63) is 48.5 Å². The van der Waals surface area contributed by atoms with E-state index in [2.05, 4.69) is 25.6 Å². The first-order valence-corrected chi connectivity index (χ1v) is 9.41. The topological polar surface area (TPSA) is 116 Å². The molecule has 1 aromatic heterocycles. The van der Waals surface area contributed by atoms with Crippen LogP contribution >= 0.6 is 11.8 Å². The molecule has 3 rings (SSSR count). The van der Waals surface area contributed by atoms with Gasteiger partial charge in [-0.3, -0.25) is 10.1 Å². The van der Waals surface area contributed by atoms with Gasteiger partial charge in [-0.25, -0.2) is 4.79 Å². The lowest BCUT2D eigenvalue weighted by atomic mass is 10.2. The molecule has 0 aliphatic rings. The third-order valence-electron chi connectivity index (χ3n) is 3.67. The van der Waals surface area contributed by atoms with Crippen molar-refractivity contribution in [2.24, 2.45) is 0 Å². The van der Waals surface area contributed by atoms with Crippen LogP contribution in [0.2, 0.25) is 0 Å². The molecule has 29 heavy (non-hydrogen) atoms. The molecular formula is C19H18N4O5S. The fourth-order valence-electron chi connectivity index (χ4n) is 2.25. The number of methoxy groups -OCH3 is 2. The van der Waals surface area contributed by atoms with E-state index in [1.807, 2.05) is 12.1 Å². The van der Waals surface area contributed by atoms with E-state index in [-0.39, 0.29) is 11.7 Å². The fraction of sp³-hybridized carbons (Fsp3) is 0.158. The average molecular weight is 414 g/mol. The molecule has 0 fully saturated rings. The third-order valence-corrected chi connectivity index (χ3v) is 4.49. The summed E-state index contributed by atoms with van der Waals surface area (Å²) in [7, 11) is 2.88. The number of rotatable bonds is 7. The number of benzene rings is 2. The van der Waals surface area contributed by atoms with Gasteiger partial charge in [0.2, 0.25) is 11.8 Å². The minimum absolute atomic E-state index is 0.104. The molecule has 9 nitrogen and oxygen atoms in total. The van der Waals surface area contributed by atoms with Crippen LogP contribution in [0.4, 0.5) is 16.2 Å². The SMILES string of the molecule is COC(=O)Nc1ccc(NC(=O)CSc2nnc(-c3ccc(OC)cc3)o2)cc1. The normalized spacial score (nSPS) is 10.3. The third kappa shape index (κ3) is 5.72. The zero-order valence-electron chi connectivity index (χ0n) is 15.7. The van der Waals surface area contributed by atoms with Crippen LogP contribution < -0.4 is 15.4 Å². The molecule has 0 saturated heterocycles. The van der Waals surface area contributed by atoms with Gasteiger partial charge in [-0.05, 0) is 48.5 Å². The van der Waals surface area contributed by atoms with Gasteiger partial charge in [-0.2, -0.15) is 0 Å². The Morgan fingerprint density at radius 2 is 1.62 bits per heavy atom. The molecule has 2 N–H and O–H groups in total. The van der Waals surface area contributed by atoms with Crippen LogP contribution in [0.5, 0.6) is 5.75 Å². The average Bonchev–Trinajstić information content (AvgIpc) is 3.23. The Morgan fingerprint density at radius 1 is 0.966 bits per heavy atom. The van der Waals surface area contributed by atoms with Crippen molar-refractivity contribution in [2.75, 3.05) is 30.6 Å². The zero-order chi connectivity index (χ0) is 20.6. The second kappa shape index (κ2) is 9.60. The highest BCUT2D eigenvalue weighted by atomic mass is 32.2. The predicted octanol–water partition coefficient (Wildman–Crippen LogP) is 3.65. The van der Waals surface area contributed by atoms with Gasteiger partial charge in [-0.15, -0.1) is 10.2 Å². The van der Waals surface area contributed by atoms with Crippen molar-refractivity contribution in [3.63, 3.8) is 0 Å². The van der Waals surface area contributed by atoms with Crippen LogP contribution in [0.1, 0.15) is 0 Å². The lowest BCUT2D eigenvalue weighted by molar-refractivity contribution is -0.113. The second-order valence-electron chi connectivity index (χ2n) is 5.63. The van der Waals surface area contributed by atoms with Crippen LogP contribution in [0, 0.1) is 0 Å². The monoisotopic (exact) mass is 414 g/mol. The molecule has 0 atom stereocenters. The Morgan fingerprint density at radius 3 is 2.24 bits per heavy atom. The number of carbonyl (C=O) groups is 2. The molecule has 0 saturated carbocycles. The number of nitrogens with zero attached hydrogens (tertiary/aromatic N) is 2. The predicted molar refractivity (Wildman–Crippen MR) is 108 cm³/mol. The van der Waals surface area contributed by atoms with E-state index in [1.54, 1.807) is 43.5 Å². The summed E-state index contributed by atoms with van der Waals surface area (Å²) in [5.74, 6) is 0.970. The van der Waals surface area contributed by atoms with Gasteiger partial charge in [-0.1, -0.05) is 11.8 Å². The molecule has 3 aromatic rings. The van der Waals surface area contributed by atoms with Gasteiger partial charge >= 0.3 is 6.09 Å². The standard InChI is InChI=1S/C19H18N4O5S/c1-26-15-9-3-12(4-10-15)17-22-23-19(28-17)29-11-16(24)20-13-5-7-14(8-6-13)21-18(25)27-2/h3-10H,11H2,1-2H3,(H,20,24)(H,21,25). The summed E-state index contributed by atoms with van der Waals surface area (Å²) in [6.07, 6.45) is -0.563. The van der Waals surface area contributed by atoms with Gasteiger partial charge < -0.3 is 19.2 Å². The summed E-state index contributed by atoms with van der Waals surface area (Å²) in [6.45, 7) is 0. The Hall–Kier alpha value is -3.53. The summed E-state index contributed by atoms with van der Waals surface area (Å²) >= 11 is 1.13. The van der Waals surface area contributed by atoms with E-state index in [1.165, 1.54) is 7.11 Å². The second-order valence-corrected chi connectivity index (χ2v) is 6.56. The van der Waals surface area contributed by atoms with Gasteiger partial charge in [0, 0.05) is 16.9 Å². The Bertz CT molecular complexity index is 973. The first kappa shape index (κ1) is 20.2. The number of thioether (sulfide) groups is 1. The molecule has 2 aromatic carbocycles. The minimum atomic E-state index is -0.563. The van der Waals surface area contributed by atoms with E-state index in [0.29, 0.717) is 22.5 Å². The summed E-state index contributed by atoms with van der Waals surface area (Å²) in [6, 6.07) is 13.9. The molecule has 0 radical (unpaired) electrons. The van der Waals surface area contributed by atoms with E-state index in [0.717, 1.165) is 23.1 Å². The van der Waals surface area contributed by atoms with Gasteiger partial charge in [0.1, 0.15) is 5.75 Å². The van der Waals surface area contributed by atoms with Crippen LogP contribution in [0.25, 0.3) is 11.5 Å². The minimum Gasteiger partial charge on any atom is -0.497 e. The van der Waals surface area contributed by atoms with Crippen molar-refractivity contribution in [2.45, 2.75) is 5.22 Å². The molecule has 0 aliphatic heterocycles. The molecule has 0 bridgehead atoms. The smallest absolute Gasteiger partial charge is 0.411 e. The van der Waals surface area contributed by atoms with E-state index < -0.39 is 6.09 Å². The molecule has 10 heteroatoms. The highest BCUT2D eigenvalue weighted by Gasteiger charge is 2.12. The summed E-state index contributed by atoms with van der Waals surface area (Å²) in [5, 5.41) is 13.5. The molecule has 0 unspecified atom stereocenters. The van der Waals surface area contributed by atoms with Crippen molar-refractivity contribution < 1.29 is 23.5 Å². The highest BCUT2D eigenvalue weighted by Crippen LogP contribution is 2.25. The number of amides is 2. The molecule has 0 aliphatic carbocycles.